The Morgan fingerprint density at radius 2 is 1.30 bits per heavy atom. The molecule has 0 heterocycles. The summed E-state index contributed by atoms with van der Waals surface area (Å²) >= 11 is 0. The minimum Gasteiger partial charge on any atom is -0.494 e. The molecule has 23 heavy (non-hydrogen) atoms. The van der Waals surface area contributed by atoms with Gasteiger partial charge in [-0.3, -0.25) is 0 Å². The first kappa shape index (κ1) is 17.1. The molecule has 2 aromatic rings. The van der Waals surface area contributed by atoms with E-state index < -0.39 is 0 Å². The molecular formula is C21H25NO. The van der Waals surface area contributed by atoms with Gasteiger partial charge in [0.15, 0.2) is 0 Å². The average molecular weight is 307 g/mol. The highest BCUT2D eigenvalue weighted by atomic mass is 16.5. The maximum Gasteiger partial charge on any atom is 0.119 e. The minimum absolute atomic E-state index is 0.721. The third-order valence-electron chi connectivity index (χ3n) is 4.00. The van der Waals surface area contributed by atoms with Crippen LogP contribution < -0.4 is 4.74 Å². The second-order valence-electron chi connectivity index (χ2n) is 5.80. The maximum absolute atomic E-state index is 8.78. The van der Waals surface area contributed by atoms with Crippen molar-refractivity contribution in [1.29, 1.82) is 5.26 Å². The lowest BCUT2D eigenvalue weighted by atomic mass is 10.0. The molecule has 0 bridgehead atoms. The van der Waals surface area contributed by atoms with Crippen LogP contribution in [0.2, 0.25) is 0 Å². The zero-order valence-electron chi connectivity index (χ0n) is 13.9. The third kappa shape index (κ3) is 6.16. The monoisotopic (exact) mass is 307 g/mol. The van der Waals surface area contributed by atoms with Gasteiger partial charge in [-0.1, -0.05) is 37.1 Å². The summed E-state index contributed by atoms with van der Waals surface area (Å²) in [6.07, 6.45) is 7.23. The number of nitrogens with zero attached hydrogens (tertiary/aromatic N) is 1. The van der Waals surface area contributed by atoms with E-state index in [1.54, 1.807) is 0 Å². The number of ether oxygens (including phenoxy) is 1. The van der Waals surface area contributed by atoms with Crippen molar-refractivity contribution in [2.24, 2.45) is 0 Å². The molecule has 2 heteroatoms. The predicted molar refractivity (Wildman–Crippen MR) is 94.6 cm³/mol. The zero-order valence-corrected chi connectivity index (χ0v) is 13.9. The largest absolute Gasteiger partial charge is 0.494 e. The van der Waals surface area contributed by atoms with E-state index in [1.807, 2.05) is 19.1 Å². The molecule has 120 valence electrons. The fraction of sp³-hybridized carbons (Fsp3) is 0.381. The molecule has 0 aliphatic rings. The predicted octanol–water partition coefficient (Wildman–Crippen LogP) is 5.30. The molecule has 0 spiro atoms. The lowest BCUT2D eigenvalue weighted by Crippen LogP contribution is -1.92. The molecule has 0 saturated carbocycles. The van der Waals surface area contributed by atoms with Gasteiger partial charge in [0, 0.05) is 0 Å². The van der Waals surface area contributed by atoms with E-state index in [0.717, 1.165) is 30.8 Å². The number of rotatable bonds is 9. The second-order valence-corrected chi connectivity index (χ2v) is 5.80. The Balaban J connectivity index is 1.59. The van der Waals surface area contributed by atoms with Crippen LogP contribution in [0.15, 0.2) is 48.5 Å². The minimum atomic E-state index is 0.721. The lowest BCUT2D eigenvalue weighted by molar-refractivity contribution is 0.340. The van der Waals surface area contributed by atoms with Crippen LogP contribution in [0.25, 0.3) is 0 Å². The lowest BCUT2D eigenvalue weighted by Gasteiger charge is -2.05. The van der Waals surface area contributed by atoms with Crippen molar-refractivity contribution in [3.8, 4) is 11.8 Å². The highest BCUT2D eigenvalue weighted by Crippen LogP contribution is 2.15. The first-order valence-corrected chi connectivity index (χ1v) is 8.52. The van der Waals surface area contributed by atoms with Crippen LogP contribution in [0.1, 0.15) is 49.3 Å². The first-order valence-electron chi connectivity index (χ1n) is 8.52. The van der Waals surface area contributed by atoms with Crippen LogP contribution in [0.5, 0.6) is 5.75 Å². The van der Waals surface area contributed by atoms with Crippen molar-refractivity contribution in [3.63, 3.8) is 0 Å². The molecule has 0 aliphatic heterocycles. The van der Waals surface area contributed by atoms with Gasteiger partial charge in [0.25, 0.3) is 0 Å². The smallest absolute Gasteiger partial charge is 0.119 e. The Morgan fingerprint density at radius 3 is 1.78 bits per heavy atom. The van der Waals surface area contributed by atoms with E-state index in [4.69, 9.17) is 10.00 Å². The molecule has 0 fully saturated rings. The number of hydrogen-bond acceptors (Lipinski definition) is 2. The zero-order chi connectivity index (χ0) is 16.3. The summed E-state index contributed by atoms with van der Waals surface area (Å²) in [5, 5.41) is 8.78. The summed E-state index contributed by atoms with van der Waals surface area (Å²) in [7, 11) is 0. The number of aryl methyl sites for hydroxylation is 2. The summed E-state index contributed by atoms with van der Waals surface area (Å²) in [6, 6.07) is 18.6. The number of benzene rings is 2. The summed E-state index contributed by atoms with van der Waals surface area (Å²) in [5.41, 5.74) is 3.46. The molecule has 0 unspecified atom stereocenters. The first-order chi connectivity index (χ1) is 11.3. The molecule has 0 amide bonds. The van der Waals surface area contributed by atoms with Crippen LogP contribution >= 0.6 is 0 Å². The Hall–Kier alpha value is -2.27. The van der Waals surface area contributed by atoms with Crippen LogP contribution in [0, 0.1) is 11.3 Å². The van der Waals surface area contributed by atoms with Gasteiger partial charge in [0.2, 0.25) is 0 Å². The van der Waals surface area contributed by atoms with E-state index in [1.165, 1.54) is 36.8 Å². The number of unbranched alkanes of at least 4 members (excludes halogenated alkanes) is 3. The third-order valence-corrected chi connectivity index (χ3v) is 4.00. The Bertz CT molecular complexity index is 608. The van der Waals surface area contributed by atoms with Crippen molar-refractivity contribution >= 4 is 0 Å². The highest BCUT2D eigenvalue weighted by Gasteiger charge is 1.98. The van der Waals surface area contributed by atoms with Crippen molar-refractivity contribution in [1.82, 2.24) is 0 Å². The molecule has 0 saturated heterocycles. The molecule has 2 aromatic carbocycles. The summed E-state index contributed by atoms with van der Waals surface area (Å²) in [6.45, 7) is 2.73. The van der Waals surface area contributed by atoms with Gasteiger partial charge in [0.05, 0.1) is 18.2 Å². The normalized spacial score (nSPS) is 10.3. The van der Waals surface area contributed by atoms with Gasteiger partial charge in [-0.15, -0.1) is 0 Å². The summed E-state index contributed by atoms with van der Waals surface area (Å²) < 4.78 is 5.46. The van der Waals surface area contributed by atoms with Crippen molar-refractivity contribution in [2.45, 2.75) is 45.4 Å². The van der Waals surface area contributed by atoms with E-state index in [0.29, 0.717) is 0 Å². The number of nitriles is 1. The average Bonchev–Trinajstić information content (AvgIpc) is 2.60. The molecule has 0 atom stereocenters. The summed E-state index contributed by atoms with van der Waals surface area (Å²) in [5.74, 6) is 0.957. The van der Waals surface area contributed by atoms with Crippen molar-refractivity contribution in [3.05, 3.63) is 65.2 Å². The van der Waals surface area contributed by atoms with E-state index in [2.05, 4.69) is 42.5 Å². The van der Waals surface area contributed by atoms with Crippen LogP contribution in [0.3, 0.4) is 0 Å². The highest BCUT2D eigenvalue weighted by molar-refractivity contribution is 5.31. The van der Waals surface area contributed by atoms with Crippen LogP contribution in [-0.4, -0.2) is 6.61 Å². The van der Waals surface area contributed by atoms with E-state index >= 15 is 0 Å². The quantitative estimate of drug-likeness (QED) is 0.589. The fourth-order valence-electron chi connectivity index (χ4n) is 2.68. The molecule has 0 aromatic heterocycles. The van der Waals surface area contributed by atoms with E-state index in [9.17, 15) is 0 Å². The topological polar surface area (TPSA) is 33.0 Å². The van der Waals surface area contributed by atoms with Crippen LogP contribution in [-0.2, 0) is 12.8 Å². The van der Waals surface area contributed by atoms with Crippen molar-refractivity contribution < 1.29 is 4.74 Å². The maximum atomic E-state index is 8.78. The Morgan fingerprint density at radius 1 is 0.783 bits per heavy atom. The molecule has 0 aliphatic carbocycles. The van der Waals surface area contributed by atoms with E-state index in [-0.39, 0.29) is 0 Å². The van der Waals surface area contributed by atoms with Gasteiger partial charge in [0.1, 0.15) is 5.75 Å². The Kier molecular flexibility index (Phi) is 7.20. The standard InChI is InChI=1S/C21H25NO/c1-2-23-21-15-13-19(14-16-21)8-6-4-3-5-7-18-9-11-20(17-22)12-10-18/h9-16H,2-8H2,1H3. The number of hydrogen-bond donors (Lipinski definition) is 0. The van der Waals surface area contributed by atoms with Crippen LogP contribution in [0.4, 0.5) is 0 Å². The van der Waals surface area contributed by atoms with Gasteiger partial charge in [-0.25, -0.2) is 0 Å². The molecule has 0 radical (unpaired) electrons. The van der Waals surface area contributed by atoms with Crippen molar-refractivity contribution in [2.75, 3.05) is 6.61 Å². The van der Waals surface area contributed by atoms with Gasteiger partial charge < -0.3 is 4.74 Å². The summed E-state index contributed by atoms with van der Waals surface area (Å²) in [4.78, 5) is 0. The SMILES string of the molecule is CCOc1ccc(CCCCCCc2ccc(C#N)cc2)cc1. The Labute approximate surface area is 139 Å². The van der Waals surface area contributed by atoms with Gasteiger partial charge >= 0.3 is 0 Å². The second kappa shape index (κ2) is 9.69. The molecule has 2 nitrogen and oxygen atoms in total. The molecule has 0 N–H and O–H groups in total. The van der Waals surface area contributed by atoms with Gasteiger partial charge in [-0.05, 0) is 68.0 Å². The van der Waals surface area contributed by atoms with Gasteiger partial charge in [-0.2, -0.15) is 5.26 Å². The molecular weight excluding hydrogens is 282 g/mol. The molecule has 2 rings (SSSR count). The fourth-order valence-corrected chi connectivity index (χ4v) is 2.68.